The minimum Gasteiger partial charge on any atom is -0.489 e. The summed E-state index contributed by atoms with van der Waals surface area (Å²) in [5.41, 5.74) is 1.36. The van der Waals surface area contributed by atoms with Crippen LogP contribution in [0.2, 0.25) is 0 Å². The van der Waals surface area contributed by atoms with Crippen LogP contribution >= 0.6 is 0 Å². The third kappa shape index (κ3) is 2.03. The Kier molecular flexibility index (Phi) is 2.65. The van der Waals surface area contributed by atoms with E-state index in [4.69, 9.17) is 4.74 Å². The van der Waals surface area contributed by atoms with Crippen molar-refractivity contribution >= 4 is 0 Å². The van der Waals surface area contributed by atoms with Crippen LogP contribution in [0.5, 0.6) is 0 Å². The second-order valence-electron chi connectivity index (χ2n) is 4.47. The van der Waals surface area contributed by atoms with Gasteiger partial charge in [0.1, 0.15) is 11.9 Å². The number of rotatable bonds is 2. The lowest BCUT2D eigenvalue weighted by Crippen LogP contribution is -2.25. The summed E-state index contributed by atoms with van der Waals surface area (Å²) in [5.74, 6) is 0.898. The molecule has 0 saturated heterocycles. The number of allylic oxidation sites excluding steroid dienone is 2. The first-order valence-electron chi connectivity index (χ1n) is 4.63. The molecule has 0 aromatic carbocycles. The van der Waals surface area contributed by atoms with Crippen molar-refractivity contribution < 1.29 is 4.74 Å². The minimum atomic E-state index is 0.180. The lowest BCUT2D eigenvalue weighted by Gasteiger charge is -2.26. The third-order valence-electron chi connectivity index (χ3n) is 2.39. The molecule has 1 aliphatic rings. The van der Waals surface area contributed by atoms with Gasteiger partial charge in [0.15, 0.2) is 0 Å². The van der Waals surface area contributed by atoms with E-state index in [9.17, 15) is 0 Å². The largest absolute Gasteiger partial charge is 0.489 e. The predicted molar refractivity (Wildman–Crippen MR) is 56.4 cm³/mol. The molecule has 0 radical (unpaired) electrons. The van der Waals surface area contributed by atoms with Crippen LogP contribution in [0.3, 0.4) is 0 Å². The topological polar surface area (TPSA) is 9.23 Å². The molecule has 0 aliphatic carbocycles. The Labute approximate surface area is 80.8 Å². The molecule has 1 rings (SSSR count). The van der Waals surface area contributed by atoms with E-state index in [0.717, 1.165) is 12.2 Å². The van der Waals surface area contributed by atoms with Gasteiger partial charge in [0, 0.05) is 6.42 Å². The van der Waals surface area contributed by atoms with Crippen molar-refractivity contribution in [2.75, 3.05) is 0 Å². The van der Waals surface area contributed by atoms with Gasteiger partial charge in [-0.25, -0.2) is 0 Å². The molecule has 0 bridgehead atoms. The monoisotopic (exact) mass is 178 g/mol. The maximum Gasteiger partial charge on any atom is 0.122 e. The van der Waals surface area contributed by atoms with Gasteiger partial charge >= 0.3 is 0 Å². The van der Waals surface area contributed by atoms with Crippen molar-refractivity contribution in [3.63, 3.8) is 0 Å². The average molecular weight is 178 g/mol. The molecule has 0 amide bonds. The molecule has 72 valence electrons. The molecule has 1 unspecified atom stereocenters. The minimum absolute atomic E-state index is 0.180. The summed E-state index contributed by atoms with van der Waals surface area (Å²) >= 11 is 0. The average Bonchev–Trinajstić information content (AvgIpc) is 2.45. The summed E-state index contributed by atoms with van der Waals surface area (Å²) < 4.78 is 5.77. The van der Waals surface area contributed by atoms with Crippen molar-refractivity contribution in [1.82, 2.24) is 0 Å². The highest BCUT2D eigenvalue weighted by Gasteiger charge is 2.32. The van der Waals surface area contributed by atoms with Gasteiger partial charge in [-0.15, -0.1) is 0 Å². The molecule has 0 N–H and O–H groups in total. The first-order valence-corrected chi connectivity index (χ1v) is 4.63. The predicted octanol–water partition coefficient (Wildman–Crippen LogP) is 3.45. The van der Waals surface area contributed by atoms with Crippen molar-refractivity contribution in [3.05, 3.63) is 36.6 Å². The summed E-state index contributed by atoms with van der Waals surface area (Å²) in [7, 11) is 0. The quantitative estimate of drug-likeness (QED) is 0.629. The van der Waals surface area contributed by atoms with Crippen molar-refractivity contribution in [3.8, 4) is 0 Å². The van der Waals surface area contributed by atoms with Gasteiger partial charge in [-0.2, -0.15) is 0 Å². The maximum atomic E-state index is 5.77. The lowest BCUT2D eigenvalue weighted by molar-refractivity contribution is 0.0546. The molecular formula is C12H18O. The summed E-state index contributed by atoms with van der Waals surface area (Å²) in [6.07, 6.45) is 4.84. The summed E-state index contributed by atoms with van der Waals surface area (Å²) in [6, 6.07) is 0. The van der Waals surface area contributed by atoms with Crippen LogP contribution in [-0.4, -0.2) is 6.10 Å². The van der Waals surface area contributed by atoms with Gasteiger partial charge in [-0.1, -0.05) is 40.0 Å². The fourth-order valence-corrected chi connectivity index (χ4v) is 1.42. The Balaban J connectivity index is 2.79. The normalized spacial score (nSPS) is 22.8. The van der Waals surface area contributed by atoms with Crippen molar-refractivity contribution in [2.24, 2.45) is 5.41 Å². The lowest BCUT2D eigenvalue weighted by atomic mass is 9.86. The van der Waals surface area contributed by atoms with Crippen LogP contribution in [-0.2, 0) is 4.74 Å². The van der Waals surface area contributed by atoms with Gasteiger partial charge in [0.05, 0.1) is 0 Å². The smallest absolute Gasteiger partial charge is 0.122 e. The van der Waals surface area contributed by atoms with E-state index in [1.807, 2.05) is 6.08 Å². The van der Waals surface area contributed by atoms with Gasteiger partial charge in [-0.3, -0.25) is 0 Å². The SMILES string of the molecule is C=CC1=C(C=C)OC(C(C)(C)C)C1. The number of hydrogen-bond donors (Lipinski definition) is 0. The Morgan fingerprint density at radius 3 is 2.23 bits per heavy atom. The van der Waals surface area contributed by atoms with E-state index < -0.39 is 0 Å². The van der Waals surface area contributed by atoms with Crippen molar-refractivity contribution in [1.29, 1.82) is 0 Å². The summed E-state index contributed by atoms with van der Waals surface area (Å²) in [4.78, 5) is 0. The van der Waals surface area contributed by atoms with Gasteiger partial charge in [-0.05, 0) is 17.1 Å². The van der Waals surface area contributed by atoms with E-state index >= 15 is 0 Å². The zero-order valence-corrected chi connectivity index (χ0v) is 8.76. The Hall–Kier alpha value is -0.980. The van der Waals surface area contributed by atoms with E-state index in [2.05, 4.69) is 33.9 Å². The van der Waals surface area contributed by atoms with E-state index in [1.54, 1.807) is 6.08 Å². The van der Waals surface area contributed by atoms with Crippen LogP contribution in [0.4, 0.5) is 0 Å². The zero-order valence-electron chi connectivity index (χ0n) is 8.76. The standard InChI is InChI=1S/C12H18O/c1-6-9-8-11(12(3,4)5)13-10(9)7-2/h6-7,11H,1-2,8H2,3-5H3. The summed E-state index contributed by atoms with van der Waals surface area (Å²) in [6.45, 7) is 14.1. The number of hydrogen-bond acceptors (Lipinski definition) is 1. The highest BCUT2D eigenvalue weighted by atomic mass is 16.5. The summed E-state index contributed by atoms with van der Waals surface area (Å²) in [5, 5.41) is 0. The Bertz CT molecular complexity index is 233. The van der Waals surface area contributed by atoms with Gasteiger partial charge in [0.25, 0.3) is 0 Å². The second kappa shape index (κ2) is 3.41. The molecule has 0 fully saturated rings. The molecule has 1 aliphatic heterocycles. The highest BCUT2D eigenvalue weighted by molar-refractivity contribution is 5.31. The van der Waals surface area contributed by atoms with Crippen molar-refractivity contribution in [2.45, 2.75) is 33.3 Å². The Morgan fingerprint density at radius 2 is 1.92 bits per heavy atom. The molecule has 0 saturated carbocycles. The second-order valence-corrected chi connectivity index (χ2v) is 4.47. The number of ether oxygens (including phenoxy) is 1. The van der Waals surface area contributed by atoms with E-state index in [-0.39, 0.29) is 11.5 Å². The van der Waals surface area contributed by atoms with Gasteiger partial charge in [0.2, 0.25) is 0 Å². The molecule has 0 aromatic heterocycles. The molecule has 0 spiro atoms. The first kappa shape index (κ1) is 10.1. The maximum absolute atomic E-state index is 5.77. The van der Waals surface area contributed by atoms with E-state index in [0.29, 0.717) is 0 Å². The zero-order chi connectivity index (χ0) is 10.1. The Morgan fingerprint density at radius 1 is 1.31 bits per heavy atom. The van der Waals surface area contributed by atoms with Crippen LogP contribution in [0.1, 0.15) is 27.2 Å². The van der Waals surface area contributed by atoms with Crippen LogP contribution in [0.25, 0.3) is 0 Å². The molecule has 13 heavy (non-hydrogen) atoms. The molecular weight excluding hydrogens is 160 g/mol. The van der Waals surface area contributed by atoms with Gasteiger partial charge < -0.3 is 4.74 Å². The molecule has 1 heteroatoms. The molecule has 1 heterocycles. The van der Waals surface area contributed by atoms with Crippen LogP contribution in [0, 0.1) is 5.41 Å². The molecule has 1 nitrogen and oxygen atoms in total. The first-order chi connectivity index (χ1) is 5.99. The van der Waals surface area contributed by atoms with Crippen LogP contribution < -0.4 is 0 Å². The van der Waals surface area contributed by atoms with E-state index in [1.165, 1.54) is 5.57 Å². The fourth-order valence-electron chi connectivity index (χ4n) is 1.42. The molecule has 1 atom stereocenters. The highest BCUT2D eigenvalue weighted by Crippen LogP contribution is 2.36. The fraction of sp³-hybridized carbons (Fsp3) is 0.500. The third-order valence-corrected chi connectivity index (χ3v) is 2.39. The molecule has 0 aromatic rings. The van der Waals surface area contributed by atoms with Crippen LogP contribution in [0.15, 0.2) is 36.6 Å².